The fraction of sp³-hybridized carbons (Fsp3) is 0.158. The number of aromatic hydroxyl groups is 1. The minimum Gasteiger partial charge on any atom is -0.507 e. The maximum atomic E-state index is 10.6. The largest absolute Gasteiger partial charge is 0.507 e. The lowest BCUT2D eigenvalue weighted by atomic mass is 10.1. The Labute approximate surface area is 170 Å². The third-order valence-corrected chi connectivity index (χ3v) is 4.34. The van der Waals surface area contributed by atoms with Crippen molar-refractivity contribution >= 4 is 29.2 Å². The van der Waals surface area contributed by atoms with Crippen molar-refractivity contribution in [3.05, 3.63) is 52.1 Å². The lowest BCUT2D eigenvalue weighted by molar-refractivity contribution is -0.137. The average molecular weight is 423 g/mol. The molecule has 7 nitrogen and oxygen atoms in total. The lowest BCUT2D eigenvalue weighted by Gasteiger charge is -2.11. The van der Waals surface area contributed by atoms with Crippen molar-refractivity contribution in [1.29, 1.82) is 0 Å². The van der Waals surface area contributed by atoms with Gasteiger partial charge in [-0.25, -0.2) is 0 Å². The van der Waals surface area contributed by atoms with Gasteiger partial charge >= 0.3 is 5.97 Å². The standard InChI is InChI=1S/C19H16Cl2N2O5/c1-10-19(28-16-5-2-11(20)8-14(16)21)18(23-22-10)13-4-3-12(9-15(13)24)27-7-6-17(25)26/h2-5,8-9,24H,6-7H2,1H3,(H,22,23)(H,25,26). The maximum absolute atomic E-state index is 10.6. The van der Waals surface area contributed by atoms with E-state index in [1.165, 1.54) is 6.07 Å². The van der Waals surface area contributed by atoms with Gasteiger partial charge < -0.3 is 19.7 Å². The van der Waals surface area contributed by atoms with Gasteiger partial charge in [-0.1, -0.05) is 23.2 Å². The molecule has 3 rings (SSSR count). The number of ether oxygens (including phenoxy) is 2. The van der Waals surface area contributed by atoms with Crippen LogP contribution in [0, 0.1) is 6.92 Å². The Balaban J connectivity index is 1.87. The number of carboxylic acid groups (broad SMARTS) is 1. The second-order valence-corrected chi connectivity index (χ2v) is 6.72. The quantitative estimate of drug-likeness (QED) is 0.492. The molecule has 0 unspecified atom stereocenters. The third-order valence-electron chi connectivity index (χ3n) is 3.81. The highest BCUT2D eigenvalue weighted by Gasteiger charge is 2.19. The second kappa shape index (κ2) is 8.41. The number of aryl methyl sites for hydroxylation is 1. The molecule has 28 heavy (non-hydrogen) atoms. The number of nitrogens with one attached hydrogen (secondary N) is 1. The molecule has 0 aliphatic carbocycles. The van der Waals surface area contributed by atoms with E-state index >= 15 is 0 Å². The van der Waals surface area contributed by atoms with Crippen molar-refractivity contribution in [1.82, 2.24) is 10.2 Å². The molecule has 3 N–H and O–H groups in total. The molecule has 0 bridgehead atoms. The highest BCUT2D eigenvalue weighted by Crippen LogP contribution is 2.41. The number of hydrogen-bond acceptors (Lipinski definition) is 5. The van der Waals surface area contributed by atoms with Gasteiger partial charge in [-0.3, -0.25) is 9.89 Å². The Hall–Kier alpha value is -2.90. The van der Waals surface area contributed by atoms with E-state index < -0.39 is 5.97 Å². The zero-order valence-corrected chi connectivity index (χ0v) is 16.2. The van der Waals surface area contributed by atoms with Crippen LogP contribution in [-0.4, -0.2) is 33.0 Å². The molecular formula is C19H16Cl2N2O5. The normalized spacial score (nSPS) is 10.7. The van der Waals surface area contributed by atoms with Gasteiger partial charge in [0.25, 0.3) is 0 Å². The molecule has 0 spiro atoms. The van der Waals surface area contributed by atoms with Crippen molar-refractivity contribution in [2.75, 3.05) is 6.61 Å². The number of aromatic amines is 1. The van der Waals surface area contributed by atoms with Gasteiger partial charge in [0.1, 0.15) is 22.9 Å². The first-order valence-corrected chi connectivity index (χ1v) is 8.96. The maximum Gasteiger partial charge on any atom is 0.306 e. The fourth-order valence-corrected chi connectivity index (χ4v) is 2.90. The molecule has 0 fully saturated rings. The Morgan fingerprint density at radius 2 is 2.00 bits per heavy atom. The molecule has 146 valence electrons. The summed E-state index contributed by atoms with van der Waals surface area (Å²) in [6.45, 7) is 1.77. The van der Waals surface area contributed by atoms with E-state index in [9.17, 15) is 9.90 Å². The number of benzene rings is 2. The van der Waals surface area contributed by atoms with Crippen LogP contribution < -0.4 is 9.47 Å². The van der Waals surface area contributed by atoms with Gasteiger partial charge in [0.2, 0.25) is 0 Å². The number of aliphatic carboxylic acids is 1. The first kappa shape index (κ1) is 19.9. The van der Waals surface area contributed by atoms with Gasteiger partial charge in [-0.2, -0.15) is 5.10 Å². The highest BCUT2D eigenvalue weighted by molar-refractivity contribution is 6.35. The van der Waals surface area contributed by atoms with Crippen LogP contribution in [-0.2, 0) is 4.79 Å². The summed E-state index contributed by atoms with van der Waals surface area (Å²) in [6.07, 6.45) is -0.138. The first-order chi connectivity index (χ1) is 13.3. The summed E-state index contributed by atoms with van der Waals surface area (Å²) in [7, 11) is 0. The molecular weight excluding hydrogens is 407 g/mol. The lowest BCUT2D eigenvalue weighted by Crippen LogP contribution is -2.04. The van der Waals surface area contributed by atoms with Crippen LogP contribution >= 0.6 is 23.2 Å². The van der Waals surface area contributed by atoms with Gasteiger partial charge in [0.05, 0.1) is 23.7 Å². The topological polar surface area (TPSA) is 105 Å². The third kappa shape index (κ3) is 4.49. The number of H-pyrrole nitrogens is 1. The Morgan fingerprint density at radius 3 is 2.68 bits per heavy atom. The molecule has 0 radical (unpaired) electrons. The number of carbonyl (C=O) groups is 1. The molecule has 0 atom stereocenters. The molecule has 3 aromatic rings. The summed E-state index contributed by atoms with van der Waals surface area (Å²) in [5.41, 5.74) is 1.44. The molecule has 0 saturated heterocycles. The van der Waals surface area contributed by atoms with E-state index in [1.54, 1.807) is 37.3 Å². The molecule has 0 amide bonds. The predicted octanol–water partition coefficient (Wildman–Crippen LogP) is 5.04. The summed E-state index contributed by atoms with van der Waals surface area (Å²) in [6, 6.07) is 9.46. The first-order valence-electron chi connectivity index (χ1n) is 8.21. The number of nitrogens with zero attached hydrogens (tertiary/aromatic N) is 1. The number of phenols is 1. The summed E-state index contributed by atoms with van der Waals surface area (Å²) in [5, 5.41) is 26.9. The van der Waals surface area contributed by atoms with E-state index in [2.05, 4.69) is 10.2 Å². The van der Waals surface area contributed by atoms with Gasteiger partial charge in [-0.05, 0) is 37.3 Å². The van der Waals surface area contributed by atoms with Gasteiger partial charge in [0.15, 0.2) is 5.75 Å². The second-order valence-electron chi connectivity index (χ2n) is 5.87. The van der Waals surface area contributed by atoms with Crippen molar-refractivity contribution in [3.8, 4) is 34.3 Å². The van der Waals surface area contributed by atoms with Crippen molar-refractivity contribution in [2.45, 2.75) is 13.3 Å². The van der Waals surface area contributed by atoms with Crippen LogP contribution in [0.3, 0.4) is 0 Å². The van der Waals surface area contributed by atoms with E-state index in [0.717, 1.165) is 0 Å². The zero-order valence-electron chi connectivity index (χ0n) is 14.7. The minimum absolute atomic E-state index is 0.000933. The van der Waals surface area contributed by atoms with Crippen LogP contribution in [0.4, 0.5) is 0 Å². The number of phenolic OH excluding ortho intramolecular Hbond substituents is 1. The van der Waals surface area contributed by atoms with Gasteiger partial charge in [0, 0.05) is 16.7 Å². The number of hydrogen-bond donors (Lipinski definition) is 3. The summed E-state index contributed by atoms with van der Waals surface area (Å²) < 4.78 is 11.2. The Bertz CT molecular complexity index is 1020. The van der Waals surface area contributed by atoms with E-state index in [0.29, 0.717) is 44.2 Å². The van der Waals surface area contributed by atoms with E-state index in [4.69, 9.17) is 37.8 Å². The Morgan fingerprint density at radius 1 is 1.21 bits per heavy atom. The summed E-state index contributed by atoms with van der Waals surface area (Å²) >= 11 is 12.1. The molecule has 0 aliphatic heterocycles. The van der Waals surface area contributed by atoms with Crippen LogP contribution in [0.1, 0.15) is 12.1 Å². The van der Waals surface area contributed by atoms with Crippen molar-refractivity contribution < 1.29 is 24.5 Å². The monoisotopic (exact) mass is 422 g/mol. The summed E-state index contributed by atoms with van der Waals surface area (Å²) in [5.74, 6) is 0.0869. The highest BCUT2D eigenvalue weighted by atomic mass is 35.5. The van der Waals surface area contributed by atoms with Crippen LogP contribution in [0.5, 0.6) is 23.0 Å². The van der Waals surface area contributed by atoms with Gasteiger partial charge in [-0.15, -0.1) is 0 Å². The predicted molar refractivity (Wildman–Crippen MR) is 105 cm³/mol. The molecule has 0 aliphatic rings. The van der Waals surface area contributed by atoms with E-state index in [-0.39, 0.29) is 18.8 Å². The average Bonchev–Trinajstić information content (AvgIpc) is 2.98. The van der Waals surface area contributed by atoms with Crippen molar-refractivity contribution in [3.63, 3.8) is 0 Å². The number of halogens is 2. The zero-order chi connectivity index (χ0) is 20.3. The minimum atomic E-state index is -0.963. The molecule has 1 aromatic heterocycles. The number of rotatable bonds is 7. The van der Waals surface area contributed by atoms with Crippen molar-refractivity contribution in [2.24, 2.45) is 0 Å². The molecule has 1 heterocycles. The SMILES string of the molecule is Cc1[nH]nc(-c2ccc(OCCC(=O)O)cc2O)c1Oc1ccc(Cl)cc1Cl. The number of aromatic nitrogens is 2. The molecule has 2 aromatic carbocycles. The number of carboxylic acids is 1. The van der Waals surface area contributed by atoms with Crippen LogP contribution in [0.15, 0.2) is 36.4 Å². The molecule has 0 saturated carbocycles. The van der Waals surface area contributed by atoms with E-state index in [1.807, 2.05) is 0 Å². The smallest absolute Gasteiger partial charge is 0.306 e. The molecule has 9 heteroatoms. The summed E-state index contributed by atoms with van der Waals surface area (Å²) in [4.78, 5) is 10.6. The fourth-order valence-electron chi connectivity index (χ4n) is 2.45. The van der Waals surface area contributed by atoms with Crippen LogP contribution in [0.2, 0.25) is 10.0 Å². The van der Waals surface area contributed by atoms with Crippen LogP contribution in [0.25, 0.3) is 11.3 Å². The Kier molecular flexibility index (Phi) is 5.96.